The van der Waals surface area contributed by atoms with E-state index in [1.54, 1.807) is 0 Å². The number of hydrogen-bond donors (Lipinski definition) is 1. The second-order valence-corrected chi connectivity index (χ2v) is 3.57. The third-order valence-corrected chi connectivity index (χ3v) is 3.67. The van der Waals surface area contributed by atoms with Crippen molar-refractivity contribution in [2.45, 2.75) is 34.5 Å². The van der Waals surface area contributed by atoms with Crippen molar-refractivity contribution in [3.8, 4) is 0 Å². The zero-order valence-corrected chi connectivity index (χ0v) is 14.1. The van der Waals surface area contributed by atoms with Gasteiger partial charge in [0.25, 0.3) is 0 Å². The highest BCUT2D eigenvalue weighted by molar-refractivity contribution is 6.40. The van der Waals surface area contributed by atoms with Crippen LogP contribution in [-0.4, -0.2) is 45.1 Å². The van der Waals surface area contributed by atoms with Gasteiger partial charge in [0.15, 0.2) is 0 Å². The van der Waals surface area contributed by atoms with Gasteiger partial charge in [-0.05, 0) is 10.2 Å². The summed E-state index contributed by atoms with van der Waals surface area (Å²) in [7, 11) is 1.56. The van der Waals surface area contributed by atoms with E-state index in [4.69, 9.17) is 8.91 Å². The topological polar surface area (TPSA) is 29.5 Å². The van der Waals surface area contributed by atoms with Crippen LogP contribution >= 0.6 is 0 Å². The van der Waals surface area contributed by atoms with E-state index >= 15 is 0 Å². The first kappa shape index (κ1) is 29.8. The third-order valence-electron chi connectivity index (χ3n) is 0.408. The van der Waals surface area contributed by atoms with Crippen molar-refractivity contribution in [2.75, 3.05) is 0 Å². The van der Waals surface area contributed by atoms with Gasteiger partial charge in [0.05, 0.1) is 0 Å². The van der Waals surface area contributed by atoms with Gasteiger partial charge in [0, 0.05) is 0 Å². The van der Waals surface area contributed by atoms with Crippen LogP contribution in [0.2, 0.25) is 19.6 Å². The molecule has 0 aliphatic carbocycles. The van der Waals surface area contributed by atoms with Gasteiger partial charge < -0.3 is 8.91 Å². The molecule has 0 aliphatic heterocycles. The van der Waals surface area contributed by atoms with Gasteiger partial charge in [-0.15, -0.1) is 0 Å². The highest BCUT2D eigenvalue weighted by Crippen LogP contribution is 1.58. The Morgan fingerprint density at radius 2 is 1.18 bits per heavy atom. The molecule has 76 valence electrons. The molecule has 0 aromatic rings. The molecule has 0 saturated heterocycles. The Balaban J connectivity index is -0.0000000178. The van der Waals surface area contributed by atoms with Gasteiger partial charge >= 0.3 is 0 Å². The molecule has 0 fully saturated rings. The SMILES string of the molecule is C.C.C[SiH2]O[SiH2]C.C[SiH3].O[SiH3]. The molecule has 1 N–H and O–H groups in total. The van der Waals surface area contributed by atoms with Crippen LogP contribution < -0.4 is 0 Å². The number of hydrogen-bond acceptors (Lipinski definition) is 2. The minimum atomic E-state index is -0.0243. The molecule has 0 aromatic carbocycles. The van der Waals surface area contributed by atoms with Crippen LogP contribution in [0.5, 0.6) is 0 Å². The van der Waals surface area contributed by atoms with Crippen molar-refractivity contribution in [3.63, 3.8) is 0 Å². The standard InChI is InChI=1S/C2H10OSi2.CH6Si.2CH4.H4OSi/c1-4-3-5-2;1-2;;;1-2/h4-5H2,1-2H3;1-2H3;2*1H4;1H,2H3. The molecule has 2 nitrogen and oxygen atoms in total. The second-order valence-electron chi connectivity index (χ2n) is 0.781. The summed E-state index contributed by atoms with van der Waals surface area (Å²) < 4.78 is 5.11. The van der Waals surface area contributed by atoms with E-state index in [2.05, 4.69) is 19.6 Å². The van der Waals surface area contributed by atoms with E-state index in [0.29, 0.717) is 10.5 Å². The Kier molecular flexibility index (Phi) is 195. The largest absolute Gasteiger partial charge is 0.466 e. The zero-order valence-electron chi connectivity index (χ0n) is 7.27. The maximum absolute atomic E-state index is 7.14. The van der Waals surface area contributed by atoms with E-state index < -0.39 is 0 Å². The molecule has 0 spiro atoms. The van der Waals surface area contributed by atoms with E-state index in [0.717, 1.165) is 0 Å². The minimum absolute atomic E-state index is 0. The predicted octanol–water partition coefficient (Wildman–Crippen LogP) is -1.80. The van der Waals surface area contributed by atoms with Crippen LogP contribution in [0.1, 0.15) is 14.9 Å². The molecule has 0 heterocycles. The lowest BCUT2D eigenvalue weighted by Crippen LogP contribution is -1.92. The Bertz CT molecular complexity index is 24.0. The van der Waals surface area contributed by atoms with E-state index in [1.807, 2.05) is 0 Å². The smallest absolute Gasteiger partial charge is 0.142 e. The van der Waals surface area contributed by atoms with Gasteiger partial charge in [0.1, 0.15) is 30.0 Å². The quantitative estimate of drug-likeness (QED) is 0.570. The molecule has 0 aromatic heterocycles. The van der Waals surface area contributed by atoms with Gasteiger partial charge in [-0.25, -0.2) is 0 Å². The predicted molar refractivity (Wildman–Crippen MR) is 71.3 cm³/mol. The molecule has 0 bridgehead atoms. The van der Waals surface area contributed by atoms with Crippen LogP contribution in [0.15, 0.2) is 0 Å². The molecule has 11 heavy (non-hydrogen) atoms. The average Bonchev–Trinajstić information content (AvgIpc) is 1.98. The monoisotopic (exact) mass is 232 g/mol. The van der Waals surface area contributed by atoms with Crippen molar-refractivity contribution in [3.05, 3.63) is 0 Å². The third kappa shape index (κ3) is 107. The van der Waals surface area contributed by atoms with Crippen LogP contribution in [0.3, 0.4) is 0 Å². The first-order valence-electron chi connectivity index (χ1n) is 3.44. The Morgan fingerprint density at radius 3 is 1.18 bits per heavy atom. The molecule has 0 amide bonds. The molecule has 0 aliphatic rings. The molecule has 0 atom stereocenters. The summed E-state index contributed by atoms with van der Waals surface area (Å²) in [5.41, 5.74) is 0. The number of rotatable bonds is 2. The van der Waals surface area contributed by atoms with Gasteiger partial charge in [0.2, 0.25) is 0 Å². The normalized spacial score (nSPS) is 7.64. The molecular weight excluding hydrogens is 204 g/mol. The summed E-state index contributed by atoms with van der Waals surface area (Å²) in [6.07, 6.45) is 0. The summed E-state index contributed by atoms with van der Waals surface area (Å²) in [5, 5.41) is 0. The summed E-state index contributed by atoms with van der Waals surface area (Å²) in [6, 6.07) is 0. The first-order valence-corrected chi connectivity index (χ1v) is 10.3. The van der Waals surface area contributed by atoms with Crippen molar-refractivity contribution < 1.29 is 8.91 Å². The van der Waals surface area contributed by atoms with E-state index in [9.17, 15) is 0 Å². The van der Waals surface area contributed by atoms with Crippen molar-refractivity contribution in [2.24, 2.45) is 0 Å². The summed E-state index contributed by atoms with van der Waals surface area (Å²) in [4.78, 5) is 7.14. The molecule has 0 rings (SSSR count). The van der Waals surface area contributed by atoms with Crippen molar-refractivity contribution in [1.29, 1.82) is 0 Å². The average molecular weight is 233 g/mol. The maximum Gasteiger partial charge on any atom is 0.142 e. The summed E-state index contributed by atoms with van der Waals surface area (Å²) in [5.74, 6) is 0. The molecule has 0 unspecified atom stereocenters. The summed E-state index contributed by atoms with van der Waals surface area (Å²) >= 11 is 0. The van der Waals surface area contributed by atoms with Crippen LogP contribution in [-0.2, 0) is 4.12 Å². The lowest BCUT2D eigenvalue weighted by molar-refractivity contribution is 0.629. The highest BCUT2D eigenvalue weighted by Gasteiger charge is 1.67. The van der Waals surface area contributed by atoms with Gasteiger partial charge in [-0.1, -0.05) is 34.5 Å². The van der Waals surface area contributed by atoms with Crippen molar-refractivity contribution in [1.82, 2.24) is 0 Å². The van der Waals surface area contributed by atoms with Crippen LogP contribution in [0, 0.1) is 0 Å². The molecule has 6 heteroatoms. The Hall–Kier alpha value is 0.788. The molecular formula is C5H28O2Si4. The van der Waals surface area contributed by atoms with Gasteiger partial charge in [-0.2, -0.15) is 0 Å². The molecule has 0 saturated carbocycles. The zero-order chi connectivity index (χ0) is 8.12. The van der Waals surface area contributed by atoms with Crippen LogP contribution in [0.4, 0.5) is 0 Å². The fraction of sp³-hybridized carbons (Fsp3) is 1.00. The molecule has 0 radical (unpaired) electrons. The fourth-order valence-corrected chi connectivity index (χ4v) is 1.84. The van der Waals surface area contributed by atoms with Gasteiger partial charge in [-0.3, -0.25) is 0 Å². The lowest BCUT2D eigenvalue weighted by Gasteiger charge is -1.85. The Labute approximate surface area is 84.0 Å². The minimum Gasteiger partial charge on any atom is -0.466 e. The first-order chi connectivity index (χ1) is 4.41. The highest BCUT2D eigenvalue weighted by atomic mass is 28.3. The Morgan fingerprint density at radius 1 is 1.00 bits per heavy atom. The van der Waals surface area contributed by atoms with Crippen molar-refractivity contribution >= 4 is 40.3 Å². The van der Waals surface area contributed by atoms with E-state index in [1.165, 1.54) is 10.2 Å². The maximum atomic E-state index is 7.14. The van der Waals surface area contributed by atoms with Crippen LogP contribution in [0.25, 0.3) is 0 Å². The second kappa shape index (κ2) is 72.0. The van der Waals surface area contributed by atoms with E-state index in [-0.39, 0.29) is 34.4 Å². The lowest BCUT2D eigenvalue weighted by atomic mass is 11.9. The summed E-state index contributed by atoms with van der Waals surface area (Å²) in [6.45, 7) is 6.47. The fourth-order valence-electron chi connectivity index (χ4n) is 0.204.